The van der Waals surface area contributed by atoms with Gasteiger partial charge in [0, 0.05) is 31.9 Å². The number of carbonyl (C=O) groups excluding carboxylic acids is 1. The summed E-state index contributed by atoms with van der Waals surface area (Å²) in [6, 6.07) is 0. The predicted molar refractivity (Wildman–Crippen MR) is 94.2 cm³/mol. The molecule has 0 aliphatic carbocycles. The molecule has 25 heavy (non-hydrogen) atoms. The number of carbonyl (C=O) groups is 1. The second kappa shape index (κ2) is 7.39. The van der Waals surface area contributed by atoms with Crippen molar-refractivity contribution in [2.75, 3.05) is 19.7 Å². The van der Waals surface area contributed by atoms with Gasteiger partial charge < -0.3 is 9.64 Å². The average Bonchev–Trinajstić information content (AvgIpc) is 3.20. The highest BCUT2D eigenvalue weighted by atomic mass is 16.5. The number of nitrogens with zero attached hydrogens (tertiary/aromatic N) is 5. The molecular weight excluding hydrogens is 318 g/mol. The summed E-state index contributed by atoms with van der Waals surface area (Å²) in [7, 11) is 1.88. The highest BCUT2D eigenvalue weighted by Crippen LogP contribution is 2.24. The van der Waals surface area contributed by atoms with Gasteiger partial charge in [0.15, 0.2) is 0 Å². The van der Waals surface area contributed by atoms with Crippen molar-refractivity contribution >= 4 is 5.91 Å². The fourth-order valence-corrected chi connectivity index (χ4v) is 3.28. The first-order valence-corrected chi connectivity index (χ1v) is 8.93. The quantitative estimate of drug-likeness (QED) is 0.832. The number of hydrogen-bond donors (Lipinski definition) is 0. The van der Waals surface area contributed by atoms with E-state index < -0.39 is 0 Å². The number of morpholine rings is 1. The van der Waals surface area contributed by atoms with Crippen molar-refractivity contribution < 1.29 is 9.53 Å². The molecule has 3 rings (SSSR count). The summed E-state index contributed by atoms with van der Waals surface area (Å²) in [4.78, 5) is 14.9. The fraction of sp³-hybridized carbons (Fsp3) is 0.611. The topological polar surface area (TPSA) is 65.2 Å². The molecule has 0 radical (unpaired) electrons. The molecule has 0 bridgehead atoms. The largest absolute Gasteiger partial charge is 0.370 e. The van der Waals surface area contributed by atoms with E-state index in [1.165, 1.54) is 0 Å². The van der Waals surface area contributed by atoms with Crippen LogP contribution in [-0.4, -0.2) is 50.1 Å². The first-order valence-electron chi connectivity index (χ1n) is 8.93. The molecule has 136 valence electrons. The van der Waals surface area contributed by atoms with Crippen LogP contribution in [0.2, 0.25) is 0 Å². The molecule has 1 aliphatic rings. The van der Waals surface area contributed by atoms with E-state index >= 15 is 0 Å². The third-order valence-electron chi connectivity index (χ3n) is 4.50. The van der Waals surface area contributed by atoms with E-state index in [9.17, 15) is 4.79 Å². The van der Waals surface area contributed by atoms with Crippen LogP contribution in [0.25, 0.3) is 0 Å². The fourth-order valence-electron chi connectivity index (χ4n) is 3.28. The van der Waals surface area contributed by atoms with E-state index in [-0.39, 0.29) is 12.0 Å². The van der Waals surface area contributed by atoms with Gasteiger partial charge in [-0.2, -0.15) is 10.2 Å². The van der Waals surface area contributed by atoms with Crippen molar-refractivity contribution in [3.8, 4) is 0 Å². The van der Waals surface area contributed by atoms with Crippen LogP contribution >= 0.6 is 0 Å². The predicted octanol–water partition coefficient (Wildman–Crippen LogP) is 2.05. The summed E-state index contributed by atoms with van der Waals surface area (Å²) in [6.45, 7) is 8.90. The third-order valence-corrected chi connectivity index (χ3v) is 4.50. The van der Waals surface area contributed by atoms with Crippen LogP contribution in [0.15, 0.2) is 18.6 Å². The van der Waals surface area contributed by atoms with Gasteiger partial charge in [-0.25, -0.2) is 0 Å². The van der Waals surface area contributed by atoms with Crippen LogP contribution in [-0.2, 0) is 24.8 Å². The molecule has 2 aromatic rings. The molecule has 0 N–H and O–H groups in total. The van der Waals surface area contributed by atoms with E-state index in [1.54, 1.807) is 17.1 Å². The van der Waals surface area contributed by atoms with Gasteiger partial charge in [-0.3, -0.25) is 14.2 Å². The molecule has 1 aliphatic heterocycles. The summed E-state index contributed by atoms with van der Waals surface area (Å²) in [5, 5.41) is 8.65. The number of ether oxygens (including phenoxy) is 1. The summed E-state index contributed by atoms with van der Waals surface area (Å²) in [5.74, 6) is 0.538. The molecule has 0 saturated carbocycles. The second-order valence-corrected chi connectivity index (χ2v) is 6.99. The van der Waals surface area contributed by atoms with Crippen LogP contribution in [0.5, 0.6) is 0 Å². The Morgan fingerprint density at radius 2 is 2.16 bits per heavy atom. The van der Waals surface area contributed by atoms with Crippen molar-refractivity contribution in [2.24, 2.45) is 13.0 Å². The average molecular weight is 345 g/mol. The molecule has 0 unspecified atom stereocenters. The Hall–Kier alpha value is -2.15. The zero-order chi connectivity index (χ0) is 18.0. The number of hydrogen-bond acceptors (Lipinski definition) is 4. The highest BCUT2D eigenvalue weighted by molar-refractivity contribution is 5.95. The van der Waals surface area contributed by atoms with Gasteiger partial charge >= 0.3 is 0 Å². The van der Waals surface area contributed by atoms with Crippen LogP contribution < -0.4 is 0 Å². The van der Waals surface area contributed by atoms with Crippen molar-refractivity contribution in [2.45, 2.75) is 39.8 Å². The Morgan fingerprint density at radius 1 is 1.36 bits per heavy atom. The monoisotopic (exact) mass is 345 g/mol. The maximum absolute atomic E-state index is 13.1. The zero-order valence-corrected chi connectivity index (χ0v) is 15.5. The Morgan fingerprint density at radius 3 is 2.80 bits per heavy atom. The minimum Gasteiger partial charge on any atom is -0.370 e. The SMILES string of the molecule is CCc1c(C(=O)N2CCO[C@H](c3cnn(C)c3)C2)cnn1CC(C)C. The van der Waals surface area contributed by atoms with Gasteiger partial charge in [-0.15, -0.1) is 0 Å². The lowest BCUT2D eigenvalue weighted by atomic mass is 10.1. The lowest BCUT2D eigenvalue weighted by Crippen LogP contribution is -2.42. The number of rotatable bonds is 5. The van der Waals surface area contributed by atoms with Gasteiger partial charge in [0.25, 0.3) is 5.91 Å². The first kappa shape index (κ1) is 17.7. The smallest absolute Gasteiger partial charge is 0.257 e. The second-order valence-electron chi connectivity index (χ2n) is 6.99. The number of amides is 1. The Labute approximate surface area is 148 Å². The van der Waals surface area contributed by atoms with Crippen molar-refractivity contribution in [3.63, 3.8) is 0 Å². The Balaban J connectivity index is 1.77. The van der Waals surface area contributed by atoms with Gasteiger partial charge in [-0.05, 0) is 12.3 Å². The van der Waals surface area contributed by atoms with Gasteiger partial charge in [0.05, 0.1) is 36.8 Å². The van der Waals surface area contributed by atoms with E-state index in [2.05, 4.69) is 31.0 Å². The Kier molecular flexibility index (Phi) is 5.22. The van der Waals surface area contributed by atoms with Gasteiger partial charge in [-0.1, -0.05) is 20.8 Å². The lowest BCUT2D eigenvalue weighted by Gasteiger charge is -2.32. The molecule has 7 nitrogen and oxygen atoms in total. The molecule has 1 amide bonds. The minimum absolute atomic E-state index is 0.0454. The minimum atomic E-state index is -0.123. The normalized spacial score (nSPS) is 18.1. The molecule has 0 aromatic carbocycles. The Bertz CT molecular complexity index is 734. The molecule has 2 aromatic heterocycles. The van der Waals surface area contributed by atoms with Crippen LogP contribution in [0.3, 0.4) is 0 Å². The van der Waals surface area contributed by atoms with E-state index in [0.717, 1.165) is 29.8 Å². The van der Waals surface area contributed by atoms with E-state index in [1.807, 2.05) is 22.8 Å². The van der Waals surface area contributed by atoms with Crippen LogP contribution in [0.4, 0.5) is 0 Å². The third kappa shape index (κ3) is 3.76. The maximum atomic E-state index is 13.1. The molecule has 1 atom stereocenters. The summed E-state index contributed by atoms with van der Waals surface area (Å²) < 4.78 is 9.56. The van der Waals surface area contributed by atoms with Gasteiger partial charge in [0.1, 0.15) is 6.10 Å². The molecular formula is C18H27N5O2. The number of aryl methyl sites for hydroxylation is 1. The molecule has 1 fully saturated rings. The summed E-state index contributed by atoms with van der Waals surface area (Å²) in [5.41, 5.74) is 2.74. The van der Waals surface area contributed by atoms with Crippen molar-refractivity contribution in [1.29, 1.82) is 0 Å². The molecule has 7 heteroatoms. The molecule has 0 spiro atoms. The maximum Gasteiger partial charge on any atom is 0.257 e. The zero-order valence-electron chi connectivity index (χ0n) is 15.5. The summed E-state index contributed by atoms with van der Waals surface area (Å²) >= 11 is 0. The first-order chi connectivity index (χ1) is 12.0. The lowest BCUT2D eigenvalue weighted by molar-refractivity contribution is -0.0228. The highest BCUT2D eigenvalue weighted by Gasteiger charge is 2.29. The standard InChI is InChI=1S/C18H27N5O2/c1-5-16-15(9-20-23(16)10-13(2)3)18(24)22-6-7-25-17(12-22)14-8-19-21(4)11-14/h8-9,11,13,17H,5-7,10,12H2,1-4H3/t17-/m0/s1. The van der Waals surface area contributed by atoms with E-state index in [0.29, 0.717) is 25.6 Å². The van der Waals surface area contributed by atoms with Crippen molar-refractivity contribution in [3.05, 3.63) is 35.4 Å². The van der Waals surface area contributed by atoms with Crippen LogP contribution in [0.1, 0.15) is 48.5 Å². The summed E-state index contributed by atoms with van der Waals surface area (Å²) in [6.07, 6.45) is 6.14. The van der Waals surface area contributed by atoms with Crippen LogP contribution in [0, 0.1) is 5.92 Å². The van der Waals surface area contributed by atoms with Crippen molar-refractivity contribution in [1.82, 2.24) is 24.5 Å². The number of aromatic nitrogens is 4. The molecule has 3 heterocycles. The molecule has 1 saturated heterocycles. The van der Waals surface area contributed by atoms with E-state index in [4.69, 9.17) is 4.74 Å². The van der Waals surface area contributed by atoms with Gasteiger partial charge in [0.2, 0.25) is 0 Å².